The highest BCUT2D eigenvalue weighted by molar-refractivity contribution is 5.96. The van der Waals surface area contributed by atoms with E-state index < -0.39 is 0 Å². The molecule has 0 fully saturated rings. The molecule has 2 aromatic rings. The molecule has 1 atom stereocenters. The Morgan fingerprint density at radius 2 is 1.74 bits per heavy atom. The zero-order chi connectivity index (χ0) is 13.7. The molecule has 1 heteroatoms. The van der Waals surface area contributed by atoms with Crippen LogP contribution in [0.5, 0.6) is 0 Å². The van der Waals surface area contributed by atoms with E-state index in [-0.39, 0.29) is 11.7 Å². The van der Waals surface area contributed by atoms with E-state index in [1.165, 1.54) is 5.56 Å². The number of hydrogen-bond acceptors (Lipinski definition) is 1. The van der Waals surface area contributed by atoms with Crippen molar-refractivity contribution in [2.24, 2.45) is 0 Å². The zero-order valence-electron chi connectivity index (χ0n) is 11.0. The van der Waals surface area contributed by atoms with E-state index >= 15 is 0 Å². The van der Waals surface area contributed by atoms with Gasteiger partial charge in [-0.3, -0.25) is 4.79 Å². The van der Waals surface area contributed by atoms with Crippen molar-refractivity contribution in [3.05, 3.63) is 71.3 Å². The van der Waals surface area contributed by atoms with Crippen LogP contribution >= 0.6 is 0 Å². The summed E-state index contributed by atoms with van der Waals surface area (Å²) in [6.07, 6.45) is 5.92. The van der Waals surface area contributed by atoms with E-state index in [1.807, 2.05) is 61.5 Å². The van der Waals surface area contributed by atoms with Crippen LogP contribution in [0.3, 0.4) is 0 Å². The Kier molecular flexibility index (Phi) is 4.15. The zero-order valence-corrected chi connectivity index (χ0v) is 11.0. The minimum atomic E-state index is -0.159. The Morgan fingerprint density at radius 3 is 2.32 bits per heavy atom. The maximum absolute atomic E-state index is 12.2. The van der Waals surface area contributed by atoms with Gasteiger partial charge in [0.1, 0.15) is 0 Å². The summed E-state index contributed by atoms with van der Waals surface area (Å²) in [6.45, 7) is 2.03. The van der Waals surface area contributed by atoms with Gasteiger partial charge in [-0.1, -0.05) is 66.1 Å². The molecule has 0 N–H and O–H groups in total. The largest absolute Gasteiger partial charge is 0.294 e. The SMILES string of the molecule is C#CC(CC(=O)c1ccccc1)c1ccc(C)cc1. The molecule has 0 aliphatic carbocycles. The van der Waals surface area contributed by atoms with Gasteiger partial charge < -0.3 is 0 Å². The first-order valence-corrected chi connectivity index (χ1v) is 6.31. The number of aryl methyl sites for hydroxylation is 1. The van der Waals surface area contributed by atoms with Gasteiger partial charge in [-0.15, -0.1) is 6.42 Å². The van der Waals surface area contributed by atoms with E-state index in [9.17, 15) is 4.79 Å². The van der Waals surface area contributed by atoms with Crippen molar-refractivity contribution in [3.8, 4) is 12.3 Å². The van der Waals surface area contributed by atoms with Gasteiger partial charge in [0.2, 0.25) is 0 Å². The van der Waals surface area contributed by atoms with Crippen molar-refractivity contribution in [1.82, 2.24) is 0 Å². The summed E-state index contributed by atoms with van der Waals surface area (Å²) < 4.78 is 0. The summed E-state index contributed by atoms with van der Waals surface area (Å²) in [5, 5.41) is 0. The number of carbonyl (C=O) groups excluding carboxylic acids is 1. The molecule has 0 saturated heterocycles. The normalized spacial score (nSPS) is 11.6. The molecule has 0 radical (unpaired) electrons. The molecule has 19 heavy (non-hydrogen) atoms. The molecule has 0 spiro atoms. The molecule has 0 aliphatic heterocycles. The van der Waals surface area contributed by atoms with Crippen molar-refractivity contribution in [2.75, 3.05) is 0 Å². The van der Waals surface area contributed by atoms with Crippen molar-refractivity contribution >= 4 is 5.78 Å². The maximum Gasteiger partial charge on any atom is 0.164 e. The molecule has 0 bridgehead atoms. The molecule has 1 unspecified atom stereocenters. The first-order chi connectivity index (χ1) is 9.20. The minimum Gasteiger partial charge on any atom is -0.294 e. The second-order valence-electron chi connectivity index (χ2n) is 4.62. The van der Waals surface area contributed by atoms with Gasteiger partial charge in [0.05, 0.1) is 5.92 Å². The Bertz CT molecular complexity index is 588. The predicted molar refractivity (Wildman–Crippen MR) is 78.1 cm³/mol. The Hall–Kier alpha value is -2.33. The Morgan fingerprint density at radius 1 is 1.11 bits per heavy atom. The van der Waals surface area contributed by atoms with E-state index in [2.05, 4.69) is 5.92 Å². The molecule has 0 amide bonds. The third-order valence-corrected chi connectivity index (χ3v) is 3.17. The highest BCUT2D eigenvalue weighted by Crippen LogP contribution is 2.21. The summed E-state index contributed by atoms with van der Waals surface area (Å²) in [7, 11) is 0. The highest BCUT2D eigenvalue weighted by atomic mass is 16.1. The van der Waals surface area contributed by atoms with Gasteiger partial charge in [0, 0.05) is 12.0 Å². The third-order valence-electron chi connectivity index (χ3n) is 3.17. The number of rotatable bonds is 4. The van der Waals surface area contributed by atoms with E-state index in [4.69, 9.17) is 6.42 Å². The lowest BCUT2D eigenvalue weighted by Gasteiger charge is -2.10. The molecule has 0 saturated carbocycles. The lowest BCUT2D eigenvalue weighted by Crippen LogP contribution is -2.06. The molecule has 0 aliphatic rings. The van der Waals surface area contributed by atoms with Crippen LogP contribution in [-0.4, -0.2) is 5.78 Å². The molecule has 1 nitrogen and oxygen atoms in total. The van der Waals surface area contributed by atoms with Crippen LogP contribution in [0.25, 0.3) is 0 Å². The smallest absolute Gasteiger partial charge is 0.164 e. The molecule has 2 rings (SSSR count). The van der Waals surface area contributed by atoms with Crippen LogP contribution in [0.1, 0.15) is 33.8 Å². The second-order valence-corrected chi connectivity index (χ2v) is 4.62. The summed E-state index contributed by atoms with van der Waals surface area (Å²) in [5.41, 5.74) is 2.93. The van der Waals surface area contributed by atoms with Crippen LogP contribution in [0.2, 0.25) is 0 Å². The fraction of sp³-hybridized carbons (Fsp3) is 0.167. The quantitative estimate of drug-likeness (QED) is 0.590. The minimum absolute atomic E-state index is 0.0872. The topological polar surface area (TPSA) is 17.1 Å². The standard InChI is InChI=1S/C18H16O/c1-3-15(16-11-9-14(2)10-12-16)13-18(19)17-7-5-4-6-8-17/h1,4-12,15H,13H2,2H3. The van der Waals surface area contributed by atoms with Crippen LogP contribution in [0, 0.1) is 19.3 Å². The summed E-state index contributed by atoms with van der Waals surface area (Å²) in [4.78, 5) is 12.2. The van der Waals surface area contributed by atoms with Gasteiger partial charge >= 0.3 is 0 Å². The molecule has 0 heterocycles. The van der Waals surface area contributed by atoms with Gasteiger partial charge in [-0.2, -0.15) is 0 Å². The fourth-order valence-electron chi connectivity index (χ4n) is 2.00. The third kappa shape index (κ3) is 3.33. The summed E-state index contributed by atoms with van der Waals surface area (Å²) in [5.74, 6) is 2.65. The number of carbonyl (C=O) groups is 1. The lowest BCUT2D eigenvalue weighted by molar-refractivity contribution is 0.0979. The number of Topliss-reactive ketones (excluding diaryl/α,β-unsaturated/α-hetero) is 1. The van der Waals surface area contributed by atoms with Crippen LogP contribution < -0.4 is 0 Å². The summed E-state index contributed by atoms with van der Waals surface area (Å²) >= 11 is 0. The van der Waals surface area contributed by atoms with Gasteiger partial charge in [-0.05, 0) is 12.5 Å². The average Bonchev–Trinajstić information content (AvgIpc) is 2.46. The molecule has 94 valence electrons. The molecular formula is C18H16O. The van der Waals surface area contributed by atoms with Gasteiger partial charge in [0.25, 0.3) is 0 Å². The highest BCUT2D eigenvalue weighted by Gasteiger charge is 2.14. The first kappa shape index (κ1) is 13.1. The monoisotopic (exact) mass is 248 g/mol. The molecule has 0 aromatic heterocycles. The van der Waals surface area contributed by atoms with E-state index in [1.54, 1.807) is 0 Å². The van der Waals surface area contributed by atoms with Gasteiger partial charge in [0.15, 0.2) is 5.78 Å². The number of benzene rings is 2. The number of ketones is 1. The maximum atomic E-state index is 12.2. The van der Waals surface area contributed by atoms with Crippen LogP contribution in [0.4, 0.5) is 0 Å². The van der Waals surface area contributed by atoms with Crippen molar-refractivity contribution in [2.45, 2.75) is 19.3 Å². The van der Waals surface area contributed by atoms with Gasteiger partial charge in [-0.25, -0.2) is 0 Å². The van der Waals surface area contributed by atoms with Crippen molar-refractivity contribution in [1.29, 1.82) is 0 Å². The number of hydrogen-bond donors (Lipinski definition) is 0. The Labute approximate surface area is 114 Å². The molecule has 2 aromatic carbocycles. The number of terminal acetylenes is 1. The van der Waals surface area contributed by atoms with Crippen LogP contribution in [-0.2, 0) is 0 Å². The Balaban J connectivity index is 2.14. The first-order valence-electron chi connectivity index (χ1n) is 6.31. The van der Waals surface area contributed by atoms with Crippen molar-refractivity contribution in [3.63, 3.8) is 0 Å². The fourth-order valence-corrected chi connectivity index (χ4v) is 2.00. The average molecular weight is 248 g/mol. The lowest BCUT2D eigenvalue weighted by atomic mass is 9.92. The second kappa shape index (κ2) is 6.02. The van der Waals surface area contributed by atoms with E-state index in [0.29, 0.717) is 6.42 Å². The predicted octanol–water partition coefficient (Wildman–Crippen LogP) is 3.98. The van der Waals surface area contributed by atoms with E-state index in [0.717, 1.165) is 11.1 Å². The summed E-state index contributed by atoms with van der Waals surface area (Å²) in [6, 6.07) is 17.3. The van der Waals surface area contributed by atoms with Crippen molar-refractivity contribution < 1.29 is 4.79 Å². The van der Waals surface area contributed by atoms with Crippen LogP contribution in [0.15, 0.2) is 54.6 Å². The molecular weight excluding hydrogens is 232 g/mol.